The Bertz CT molecular complexity index is 21.6. The lowest BCUT2D eigenvalue weighted by molar-refractivity contribution is 0.798. The van der Waals surface area contributed by atoms with Crippen LogP contribution in [0.4, 0.5) is 0 Å². The van der Waals surface area contributed by atoms with Crippen LogP contribution in [0.1, 0.15) is 0 Å². The van der Waals surface area contributed by atoms with Crippen molar-refractivity contribution in [2.75, 3.05) is 6.54 Å². The van der Waals surface area contributed by atoms with E-state index >= 15 is 0 Å². The first kappa shape index (κ1) is 5.54. The molecule has 0 aliphatic heterocycles. The second-order valence-corrected chi connectivity index (χ2v) is 1.52. The Balaban J connectivity index is 2.54. The molecule has 0 fully saturated rings. The Morgan fingerprint density at radius 1 is 1.60 bits per heavy atom. The third kappa shape index (κ3) is 4.54. The van der Waals surface area contributed by atoms with E-state index in [0.717, 1.165) is 3.94 Å². The van der Waals surface area contributed by atoms with Crippen molar-refractivity contribution in [2.24, 2.45) is 0 Å². The van der Waals surface area contributed by atoms with E-state index in [9.17, 15) is 0 Å². The number of halogens is 2. The summed E-state index contributed by atoms with van der Waals surface area (Å²) in [6, 6.07) is 0. The second-order valence-electron chi connectivity index (χ2n) is 0.527. The summed E-state index contributed by atoms with van der Waals surface area (Å²) in [5.41, 5.74) is 0. The van der Waals surface area contributed by atoms with E-state index in [0.29, 0.717) is 6.54 Å². The van der Waals surface area contributed by atoms with Gasteiger partial charge in [0.1, 0.15) is 0 Å². The highest BCUT2D eigenvalue weighted by atomic mass is 35.5. The van der Waals surface area contributed by atoms with Gasteiger partial charge in [0.05, 0.1) is 0 Å². The minimum atomic E-state index is 0.420. The van der Waals surface area contributed by atoms with Crippen molar-refractivity contribution in [3.8, 4) is 0 Å². The molecular weight excluding hydrogens is 109 g/mol. The topological polar surface area (TPSA) is 3.24 Å². The molecule has 0 saturated carbocycles. The molecule has 0 amide bonds. The van der Waals surface area contributed by atoms with Crippen LogP contribution in [0.25, 0.3) is 0 Å². The van der Waals surface area contributed by atoms with Gasteiger partial charge < -0.3 is 0 Å². The van der Waals surface area contributed by atoms with Crippen molar-refractivity contribution in [3.63, 3.8) is 0 Å². The summed E-state index contributed by atoms with van der Waals surface area (Å²) in [5, 5.41) is 0. The van der Waals surface area contributed by atoms with Crippen molar-refractivity contribution in [3.05, 3.63) is 6.92 Å². The molecule has 0 aromatic heterocycles. The summed E-state index contributed by atoms with van der Waals surface area (Å²) < 4.78 is 0.958. The van der Waals surface area contributed by atoms with E-state index in [2.05, 4.69) is 6.92 Å². The van der Waals surface area contributed by atoms with Crippen molar-refractivity contribution in [1.29, 1.82) is 0 Å². The summed E-state index contributed by atoms with van der Waals surface area (Å²) in [5.74, 6) is 0. The first-order valence-electron chi connectivity index (χ1n) is 1.15. The number of rotatable bonds is 1. The predicted octanol–water partition coefficient (Wildman–Crippen LogP) is 1.43. The first-order chi connectivity index (χ1) is 2.27. The summed E-state index contributed by atoms with van der Waals surface area (Å²) in [6.07, 6.45) is 0. The Kier molecular flexibility index (Phi) is 3.06. The largest absolute Gasteiger partial charge is 0.132 e. The zero-order valence-electron chi connectivity index (χ0n) is 2.62. The molecule has 0 aliphatic rings. The van der Waals surface area contributed by atoms with Gasteiger partial charge in [0.15, 0.2) is 0 Å². The van der Waals surface area contributed by atoms with Gasteiger partial charge in [-0.05, 0) is 30.5 Å². The maximum absolute atomic E-state index is 5.00. The second kappa shape index (κ2) is 2.76. The molecule has 3 heteroatoms. The molecule has 0 spiro atoms. The number of hydrogen-bond acceptors (Lipinski definition) is 1. The van der Waals surface area contributed by atoms with Crippen molar-refractivity contribution < 1.29 is 0 Å². The normalized spacial score (nSPS) is 9.60. The molecule has 0 atom stereocenters. The van der Waals surface area contributed by atoms with Crippen LogP contribution < -0.4 is 0 Å². The SMILES string of the molecule is [CH2]CN(Cl)Cl. The lowest BCUT2D eigenvalue weighted by Crippen LogP contribution is -1.91. The molecule has 1 radical (unpaired) electrons. The highest BCUT2D eigenvalue weighted by Crippen LogP contribution is 1.93. The van der Waals surface area contributed by atoms with Crippen LogP contribution in [-0.4, -0.2) is 10.5 Å². The van der Waals surface area contributed by atoms with Crippen LogP contribution in [0, 0.1) is 6.92 Å². The number of hydrogen-bond donors (Lipinski definition) is 0. The molecule has 0 rings (SSSR count). The van der Waals surface area contributed by atoms with Crippen LogP contribution in [0.2, 0.25) is 0 Å². The molecule has 0 aromatic rings. The summed E-state index contributed by atoms with van der Waals surface area (Å²) in [4.78, 5) is 0. The third-order valence-electron chi connectivity index (χ3n) is 0.169. The fourth-order valence-electron chi connectivity index (χ4n) is 0. The third-order valence-corrected chi connectivity index (χ3v) is 0.507. The monoisotopic (exact) mass is 112 g/mol. The average Bonchev–Trinajstić information content (AvgIpc) is 1.38. The van der Waals surface area contributed by atoms with Crippen LogP contribution in [0.3, 0.4) is 0 Å². The van der Waals surface area contributed by atoms with Gasteiger partial charge in [-0.3, -0.25) is 0 Å². The fraction of sp³-hybridized carbons (Fsp3) is 0.500. The Hall–Kier alpha value is 0.540. The van der Waals surface area contributed by atoms with Crippen molar-refractivity contribution >= 4 is 23.6 Å². The molecule has 0 aromatic carbocycles. The summed E-state index contributed by atoms with van der Waals surface area (Å²) in [6.45, 7) is 3.77. The minimum absolute atomic E-state index is 0.420. The highest BCUT2D eigenvalue weighted by Gasteiger charge is 1.80. The molecule has 0 aliphatic carbocycles. The molecule has 0 unspecified atom stereocenters. The predicted molar refractivity (Wildman–Crippen MR) is 23.8 cm³/mol. The van der Waals surface area contributed by atoms with Gasteiger partial charge in [-0.1, -0.05) is 0 Å². The Morgan fingerprint density at radius 2 is 1.80 bits per heavy atom. The van der Waals surface area contributed by atoms with Gasteiger partial charge in [0.25, 0.3) is 0 Å². The molecule has 5 heavy (non-hydrogen) atoms. The van der Waals surface area contributed by atoms with Crippen LogP contribution >= 0.6 is 23.6 Å². The molecule has 1 nitrogen and oxygen atoms in total. The lowest BCUT2D eigenvalue weighted by Gasteiger charge is -1.90. The van der Waals surface area contributed by atoms with E-state index in [4.69, 9.17) is 23.6 Å². The summed E-state index contributed by atoms with van der Waals surface area (Å²) in [7, 11) is 0. The maximum Gasteiger partial charge on any atom is 0.0304 e. The van der Waals surface area contributed by atoms with Gasteiger partial charge in [0, 0.05) is 6.54 Å². The number of nitrogens with zero attached hydrogens (tertiary/aromatic N) is 1. The first-order valence-corrected chi connectivity index (χ1v) is 1.83. The summed E-state index contributed by atoms with van der Waals surface area (Å²) >= 11 is 10.00. The van der Waals surface area contributed by atoms with Crippen LogP contribution in [0.5, 0.6) is 0 Å². The van der Waals surface area contributed by atoms with E-state index in [-0.39, 0.29) is 0 Å². The molecule has 0 saturated heterocycles. The highest BCUT2D eigenvalue weighted by molar-refractivity contribution is 6.33. The Labute approximate surface area is 41.7 Å². The van der Waals surface area contributed by atoms with E-state index in [1.807, 2.05) is 0 Å². The standard InChI is InChI=1S/C2H4Cl2N/c1-2-5(3)4/h1-2H2. The lowest BCUT2D eigenvalue weighted by atomic mass is 10.8. The molecule has 0 heterocycles. The van der Waals surface area contributed by atoms with Gasteiger partial charge in [-0.15, -0.1) is 3.94 Å². The van der Waals surface area contributed by atoms with Gasteiger partial charge in [0.2, 0.25) is 0 Å². The zero-order chi connectivity index (χ0) is 4.28. The van der Waals surface area contributed by atoms with Crippen molar-refractivity contribution in [2.45, 2.75) is 0 Å². The van der Waals surface area contributed by atoms with Gasteiger partial charge in [-0.2, -0.15) is 0 Å². The molecular formula is C2H4Cl2N. The smallest absolute Gasteiger partial charge is 0.0304 e. The van der Waals surface area contributed by atoms with Gasteiger partial charge in [-0.25, -0.2) is 0 Å². The van der Waals surface area contributed by atoms with E-state index in [1.165, 1.54) is 0 Å². The molecule has 0 N–H and O–H groups in total. The Morgan fingerprint density at radius 3 is 1.80 bits per heavy atom. The average molecular weight is 113 g/mol. The maximum atomic E-state index is 5.00. The van der Waals surface area contributed by atoms with E-state index < -0.39 is 0 Å². The zero-order valence-corrected chi connectivity index (χ0v) is 4.13. The molecule has 31 valence electrons. The minimum Gasteiger partial charge on any atom is -0.132 e. The fourth-order valence-corrected chi connectivity index (χ4v) is 0. The van der Waals surface area contributed by atoms with E-state index in [1.54, 1.807) is 0 Å². The quantitative estimate of drug-likeness (QED) is 0.465. The van der Waals surface area contributed by atoms with Gasteiger partial charge >= 0.3 is 0 Å². The van der Waals surface area contributed by atoms with Crippen LogP contribution in [-0.2, 0) is 0 Å². The molecule has 0 bridgehead atoms. The van der Waals surface area contributed by atoms with Crippen molar-refractivity contribution in [1.82, 2.24) is 3.94 Å². The van der Waals surface area contributed by atoms with Crippen LogP contribution in [0.15, 0.2) is 0 Å².